The van der Waals surface area contributed by atoms with Crippen molar-refractivity contribution in [1.82, 2.24) is 9.97 Å². The summed E-state index contributed by atoms with van der Waals surface area (Å²) < 4.78 is 0. The number of aromatic nitrogens is 2. The van der Waals surface area contributed by atoms with Crippen LogP contribution >= 0.6 is 0 Å². The van der Waals surface area contributed by atoms with Gasteiger partial charge < -0.3 is 5.73 Å². The number of hydrogen-bond acceptors (Lipinski definition) is 3. The SMILES string of the molecule is Cc1nc2ccccc2cc1-c1nccc(C(N)=O)c1C. The molecule has 0 aliphatic carbocycles. The number of aryl methyl sites for hydroxylation is 1. The van der Waals surface area contributed by atoms with Crippen molar-refractivity contribution in [3.05, 3.63) is 59.4 Å². The van der Waals surface area contributed by atoms with Gasteiger partial charge in [0.05, 0.1) is 11.2 Å². The Labute approximate surface area is 122 Å². The van der Waals surface area contributed by atoms with Crippen molar-refractivity contribution >= 4 is 16.8 Å². The summed E-state index contributed by atoms with van der Waals surface area (Å²) in [5, 5.41) is 1.05. The highest BCUT2D eigenvalue weighted by atomic mass is 16.1. The van der Waals surface area contributed by atoms with Gasteiger partial charge in [-0.15, -0.1) is 0 Å². The van der Waals surface area contributed by atoms with Crippen molar-refractivity contribution in [2.75, 3.05) is 0 Å². The van der Waals surface area contributed by atoms with E-state index in [1.54, 1.807) is 12.3 Å². The molecule has 3 rings (SSSR count). The fourth-order valence-corrected chi connectivity index (χ4v) is 2.53. The maximum absolute atomic E-state index is 11.5. The Balaban J connectivity index is 2.28. The van der Waals surface area contributed by atoms with E-state index in [0.717, 1.165) is 33.4 Å². The molecule has 0 aliphatic heterocycles. The highest BCUT2D eigenvalue weighted by Gasteiger charge is 2.14. The summed E-state index contributed by atoms with van der Waals surface area (Å²) in [4.78, 5) is 20.5. The first kappa shape index (κ1) is 13.2. The molecule has 21 heavy (non-hydrogen) atoms. The fourth-order valence-electron chi connectivity index (χ4n) is 2.53. The first-order valence-corrected chi connectivity index (χ1v) is 6.70. The smallest absolute Gasteiger partial charge is 0.249 e. The molecule has 0 saturated carbocycles. The Morgan fingerprint density at radius 1 is 1.14 bits per heavy atom. The minimum absolute atomic E-state index is 0.442. The van der Waals surface area contributed by atoms with Gasteiger partial charge in [0.2, 0.25) is 5.91 Å². The molecule has 1 aromatic carbocycles. The molecule has 0 bridgehead atoms. The van der Waals surface area contributed by atoms with E-state index in [4.69, 9.17) is 5.73 Å². The minimum Gasteiger partial charge on any atom is -0.366 e. The van der Waals surface area contributed by atoms with Gasteiger partial charge in [-0.05, 0) is 37.6 Å². The van der Waals surface area contributed by atoms with Crippen molar-refractivity contribution in [1.29, 1.82) is 0 Å². The summed E-state index contributed by atoms with van der Waals surface area (Å²) in [6, 6.07) is 11.6. The number of nitrogens with zero attached hydrogens (tertiary/aromatic N) is 2. The van der Waals surface area contributed by atoms with Crippen LogP contribution in [0.15, 0.2) is 42.6 Å². The summed E-state index contributed by atoms with van der Waals surface area (Å²) in [7, 11) is 0. The van der Waals surface area contributed by atoms with Gasteiger partial charge in [0.1, 0.15) is 0 Å². The van der Waals surface area contributed by atoms with Gasteiger partial charge in [-0.1, -0.05) is 18.2 Å². The third-order valence-electron chi connectivity index (χ3n) is 3.64. The second-order valence-corrected chi connectivity index (χ2v) is 5.01. The Hall–Kier alpha value is -2.75. The van der Waals surface area contributed by atoms with Crippen LogP contribution in [0.1, 0.15) is 21.6 Å². The molecule has 2 N–H and O–H groups in total. The number of para-hydroxylation sites is 1. The van der Waals surface area contributed by atoms with Crippen LogP contribution in [0.4, 0.5) is 0 Å². The molecule has 2 aromatic heterocycles. The number of hydrogen-bond donors (Lipinski definition) is 1. The summed E-state index contributed by atoms with van der Waals surface area (Å²) in [5.41, 5.74) is 10.2. The van der Waals surface area contributed by atoms with Crippen molar-refractivity contribution in [3.63, 3.8) is 0 Å². The molecule has 0 fully saturated rings. The lowest BCUT2D eigenvalue weighted by Gasteiger charge is -2.11. The largest absolute Gasteiger partial charge is 0.366 e. The van der Waals surface area contributed by atoms with Gasteiger partial charge in [-0.3, -0.25) is 14.8 Å². The van der Waals surface area contributed by atoms with E-state index in [1.807, 2.05) is 38.1 Å². The molecule has 104 valence electrons. The van der Waals surface area contributed by atoms with Crippen LogP contribution in [0, 0.1) is 13.8 Å². The molecule has 0 radical (unpaired) electrons. The second-order valence-electron chi connectivity index (χ2n) is 5.01. The van der Waals surface area contributed by atoms with Crippen LogP contribution in [-0.2, 0) is 0 Å². The average Bonchev–Trinajstić information content (AvgIpc) is 2.47. The Morgan fingerprint density at radius 2 is 1.90 bits per heavy atom. The monoisotopic (exact) mass is 277 g/mol. The standard InChI is InChI=1S/C17H15N3O/c1-10-13(17(18)21)7-8-19-16(10)14-9-12-5-3-4-6-15(12)20-11(14)2/h3-9H,1-2H3,(H2,18,21). The summed E-state index contributed by atoms with van der Waals surface area (Å²) in [5.74, 6) is -0.442. The van der Waals surface area contributed by atoms with Crippen LogP contribution in [-0.4, -0.2) is 15.9 Å². The molecule has 3 aromatic rings. The second kappa shape index (κ2) is 4.98. The topological polar surface area (TPSA) is 68.9 Å². The molecule has 0 aliphatic rings. The van der Waals surface area contributed by atoms with Crippen molar-refractivity contribution < 1.29 is 4.79 Å². The zero-order chi connectivity index (χ0) is 15.0. The molecule has 0 saturated heterocycles. The fraction of sp³-hybridized carbons (Fsp3) is 0.118. The summed E-state index contributed by atoms with van der Waals surface area (Å²) in [6.07, 6.45) is 1.61. The van der Waals surface area contributed by atoms with Crippen LogP contribution in [0.2, 0.25) is 0 Å². The molecule has 4 heteroatoms. The van der Waals surface area contributed by atoms with Gasteiger partial charge in [0.15, 0.2) is 0 Å². The van der Waals surface area contributed by atoms with Crippen molar-refractivity contribution in [2.45, 2.75) is 13.8 Å². The highest BCUT2D eigenvalue weighted by molar-refractivity contribution is 5.96. The number of pyridine rings is 2. The number of benzene rings is 1. The van der Waals surface area contributed by atoms with Gasteiger partial charge in [0.25, 0.3) is 0 Å². The maximum Gasteiger partial charge on any atom is 0.249 e. The molecule has 0 atom stereocenters. The zero-order valence-electron chi connectivity index (χ0n) is 11.9. The lowest BCUT2D eigenvalue weighted by atomic mass is 9.99. The molecular formula is C17H15N3O. The number of rotatable bonds is 2. The van der Waals surface area contributed by atoms with Crippen LogP contribution in [0.3, 0.4) is 0 Å². The lowest BCUT2D eigenvalue weighted by Crippen LogP contribution is -2.13. The van der Waals surface area contributed by atoms with E-state index in [0.29, 0.717) is 5.56 Å². The van der Waals surface area contributed by atoms with Gasteiger partial charge in [0, 0.05) is 28.4 Å². The van der Waals surface area contributed by atoms with E-state index in [9.17, 15) is 4.79 Å². The van der Waals surface area contributed by atoms with E-state index in [2.05, 4.69) is 16.0 Å². The Bertz CT molecular complexity index is 856. The lowest BCUT2D eigenvalue weighted by molar-refractivity contribution is 0.0999. The first-order chi connectivity index (χ1) is 10.1. The van der Waals surface area contributed by atoms with Gasteiger partial charge in [-0.2, -0.15) is 0 Å². The number of nitrogens with two attached hydrogens (primary N) is 1. The molecule has 0 unspecified atom stereocenters. The third kappa shape index (κ3) is 2.25. The highest BCUT2D eigenvalue weighted by Crippen LogP contribution is 2.28. The quantitative estimate of drug-likeness (QED) is 0.782. The first-order valence-electron chi connectivity index (χ1n) is 6.70. The van der Waals surface area contributed by atoms with E-state index in [1.165, 1.54) is 0 Å². The number of carbonyl (C=O) groups excluding carboxylic acids is 1. The molecule has 1 amide bonds. The molecule has 0 spiro atoms. The zero-order valence-corrected chi connectivity index (χ0v) is 11.9. The van der Waals surface area contributed by atoms with Gasteiger partial charge >= 0.3 is 0 Å². The molecule has 4 nitrogen and oxygen atoms in total. The normalized spacial score (nSPS) is 10.8. The van der Waals surface area contributed by atoms with E-state index < -0.39 is 5.91 Å². The van der Waals surface area contributed by atoms with Gasteiger partial charge in [-0.25, -0.2) is 0 Å². The predicted octanol–water partition coefficient (Wildman–Crippen LogP) is 3.01. The molecular weight excluding hydrogens is 262 g/mol. The minimum atomic E-state index is -0.442. The van der Waals surface area contributed by atoms with E-state index in [-0.39, 0.29) is 0 Å². The Morgan fingerprint density at radius 3 is 2.67 bits per heavy atom. The van der Waals surface area contributed by atoms with Crippen molar-refractivity contribution in [2.24, 2.45) is 5.73 Å². The van der Waals surface area contributed by atoms with Crippen LogP contribution < -0.4 is 5.73 Å². The average molecular weight is 277 g/mol. The number of carbonyl (C=O) groups is 1. The summed E-state index contributed by atoms with van der Waals surface area (Å²) in [6.45, 7) is 3.80. The maximum atomic E-state index is 11.5. The predicted molar refractivity (Wildman–Crippen MR) is 83.0 cm³/mol. The van der Waals surface area contributed by atoms with Crippen LogP contribution in [0.25, 0.3) is 22.2 Å². The number of primary amides is 1. The van der Waals surface area contributed by atoms with Crippen molar-refractivity contribution in [3.8, 4) is 11.3 Å². The van der Waals surface area contributed by atoms with Crippen LogP contribution in [0.5, 0.6) is 0 Å². The number of amides is 1. The third-order valence-corrected chi connectivity index (χ3v) is 3.64. The number of fused-ring (bicyclic) bond motifs is 1. The molecule has 2 heterocycles. The van der Waals surface area contributed by atoms with E-state index >= 15 is 0 Å². The Kier molecular flexibility index (Phi) is 3.14. The summed E-state index contributed by atoms with van der Waals surface area (Å²) >= 11 is 0.